The van der Waals surface area contributed by atoms with Gasteiger partial charge in [0, 0.05) is 18.0 Å². The molecule has 17 heavy (non-hydrogen) atoms. The highest BCUT2D eigenvalue weighted by atomic mass is 16.1. The van der Waals surface area contributed by atoms with Gasteiger partial charge in [-0.3, -0.25) is 4.79 Å². The molecule has 1 rings (SSSR count). The molecule has 0 aromatic heterocycles. The zero-order valence-corrected chi connectivity index (χ0v) is 11.2. The number of carbonyl (C=O) groups excluding carboxylic acids is 1. The lowest BCUT2D eigenvalue weighted by molar-refractivity contribution is 0.0967. The molecule has 0 aliphatic carbocycles. The minimum absolute atomic E-state index is 0.0488. The average molecular weight is 233 g/mol. The largest absolute Gasteiger partial charge is 0.327 e. The number of rotatable bonds is 5. The Kier molecular flexibility index (Phi) is 4.88. The number of hydrogen-bond donors (Lipinski definition) is 1. The van der Waals surface area contributed by atoms with E-state index in [2.05, 4.69) is 13.8 Å². The number of carbonyl (C=O) groups is 1. The second kappa shape index (κ2) is 5.97. The van der Waals surface area contributed by atoms with Crippen molar-refractivity contribution in [3.05, 3.63) is 35.4 Å². The summed E-state index contributed by atoms with van der Waals surface area (Å²) in [6.07, 6.45) is 0.429. The molecule has 2 nitrogen and oxygen atoms in total. The molecule has 0 heterocycles. The maximum Gasteiger partial charge on any atom is 0.164 e. The topological polar surface area (TPSA) is 43.1 Å². The number of ketones is 1. The molecule has 1 unspecified atom stereocenters. The van der Waals surface area contributed by atoms with E-state index in [1.165, 1.54) is 5.56 Å². The lowest BCUT2D eigenvalue weighted by atomic mass is 9.95. The summed E-state index contributed by atoms with van der Waals surface area (Å²) in [7, 11) is 0. The monoisotopic (exact) mass is 233 g/mol. The highest BCUT2D eigenvalue weighted by Crippen LogP contribution is 2.16. The van der Waals surface area contributed by atoms with Crippen LogP contribution in [-0.2, 0) is 0 Å². The molecule has 0 fully saturated rings. The Labute approximate surface area is 104 Å². The van der Waals surface area contributed by atoms with Gasteiger partial charge in [0.15, 0.2) is 5.78 Å². The van der Waals surface area contributed by atoms with E-state index in [1.54, 1.807) is 0 Å². The van der Waals surface area contributed by atoms with Gasteiger partial charge in [-0.25, -0.2) is 0 Å². The van der Waals surface area contributed by atoms with Crippen molar-refractivity contribution in [1.29, 1.82) is 0 Å². The van der Waals surface area contributed by atoms with Crippen molar-refractivity contribution in [3.8, 4) is 0 Å². The van der Waals surface area contributed by atoms with Crippen LogP contribution in [0.15, 0.2) is 24.3 Å². The maximum absolute atomic E-state index is 12.0. The zero-order valence-electron chi connectivity index (χ0n) is 11.2. The average Bonchev–Trinajstić information content (AvgIpc) is 2.28. The molecule has 0 amide bonds. The second-order valence-corrected chi connectivity index (χ2v) is 5.31. The molecule has 0 radical (unpaired) electrons. The molecule has 2 heteroatoms. The minimum Gasteiger partial charge on any atom is -0.327 e. The van der Waals surface area contributed by atoms with Crippen LogP contribution < -0.4 is 5.73 Å². The minimum atomic E-state index is -0.0488. The van der Waals surface area contributed by atoms with Crippen molar-refractivity contribution in [3.63, 3.8) is 0 Å². The number of benzene rings is 1. The van der Waals surface area contributed by atoms with Gasteiger partial charge in [0.1, 0.15) is 0 Å². The SMILES string of the molecule is CC(C)c1ccc(C(=O)CC(N)C(C)C)cc1. The van der Waals surface area contributed by atoms with E-state index in [0.717, 1.165) is 5.56 Å². The van der Waals surface area contributed by atoms with Gasteiger partial charge >= 0.3 is 0 Å². The Morgan fingerprint density at radius 3 is 2.06 bits per heavy atom. The quantitative estimate of drug-likeness (QED) is 0.792. The fraction of sp³-hybridized carbons (Fsp3) is 0.533. The van der Waals surface area contributed by atoms with Crippen molar-refractivity contribution in [2.75, 3.05) is 0 Å². The Bertz CT molecular complexity index is 365. The van der Waals surface area contributed by atoms with Gasteiger partial charge in [0.2, 0.25) is 0 Å². The van der Waals surface area contributed by atoms with E-state index >= 15 is 0 Å². The smallest absolute Gasteiger partial charge is 0.164 e. The van der Waals surface area contributed by atoms with E-state index in [9.17, 15) is 4.79 Å². The Morgan fingerprint density at radius 1 is 1.12 bits per heavy atom. The van der Waals surface area contributed by atoms with Crippen LogP contribution in [0.5, 0.6) is 0 Å². The van der Waals surface area contributed by atoms with Crippen LogP contribution in [-0.4, -0.2) is 11.8 Å². The lowest BCUT2D eigenvalue weighted by Gasteiger charge is -2.14. The second-order valence-electron chi connectivity index (χ2n) is 5.31. The van der Waals surface area contributed by atoms with Crippen molar-refractivity contribution in [2.45, 2.75) is 46.1 Å². The van der Waals surface area contributed by atoms with E-state index in [4.69, 9.17) is 5.73 Å². The standard InChI is InChI=1S/C15H23NO/c1-10(2)12-5-7-13(8-6-12)15(17)9-14(16)11(3)4/h5-8,10-11,14H,9,16H2,1-4H3. The molecule has 94 valence electrons. The predicted octanol–water partition coefficient (Wildman–Crippen LogP) is 3.37. The molecule has 1 atom stereocenters. The van der Waals surface area contributed by atoms with Crippen molar-refractivity contribution in [2.24, 2.45) is 11.7 Å². The summed E-state index contributed by atoms with van der Waals surface area (Å²) in [5.74, 6) is 0.979. The van der Waals surface area contributed by atoms with Gasteiger partial charge in [0.25, 0.3) is 0 Å². The van der Waals surface area contributed by atoms with E-state index in [1.807, 2.05) is 38.1 Å². The summed E-state index contributed by atoms with van der Waals surface area (Å²) >= 11 is 0. The molecule has 0 spiro atoms. The summed E-state index contributed by atoms with van der Waals surface area (Å²) in [4.78, 5) is 12.0. The van der Waals surface area contributed by atoms with Crippen LogP contribution in [0.2, 0.25) is 0 Å². The van der Waals surface area contributed by atoms with Crippen molar-refractivity contribution >= 4 is 5.78 Å². The Morgan fingerprint density at radius 2 is 1.65 bits per heavy atom. The summed E-state index contributed by atoms with van der Waals surface area (Å²) in [6, 6.07) is 7.82. The fourth-order valence-electron chi connectivity index (χ4n) is 1.62. The molecule has 0 bridgehead atoms. The van der Waals surface area contributed by atoms with Crippen LogP contribution in [0, 0.1) is 5.92 Å². The van der Waals surface area contributed by atoms with Gasteiger partial charge in [-0.1, -0.05) is 52.0 Å². The first-order valence-electron chi connectivity index (χ1n) is 6.30. The first-order valence-corrected chi connectivity index (χ1v) is 6.30. The van der Waals surface area contributed by atoms with Gasteiger partial charge in [-0.05, 0) is 17.4 Å². The van der Waals surface area contributed by atoms with Gasteiger partial charge in [-0.2, -0.15) is 0 Å². The van der Waals surface area contributed by atoms with E-state index in [0.29, 0.717) is 18.3 Å². The van der Waals surface area contributed by atoms with Gasteiger partial charge < -0.3 is 5.73 Å². The molecule has 2 N–H and O–H groups in total. The van der Waals surface area contributed by atoms with Crippen LogP contribution in [0.1, 0.15) is 56.0 Å². The fourth-order valence-corrected chi connectivity index (χ4v) is 1.62. The van der Waals surface area contributed by atoms with Crippen molar-refractivity contribution in [1.82, 2.24) is 0 Å². The third kappa shape index (κ3) is 3.97. The maximum atomic E-state index is 12.0. The summed E-state index contributed by atoms with van der Waals surface area (Å²) in [5.41, 5.74) is 7.94. The van der Waals surface area contributed by atoms with Crippen LogP contribution in [0.4, 0.5) is 0 Å². The predicted molar refractivity (Wildman–Crippen MR) is 72.3 cm³/mol. The molecular formula is C15H23NO. The molecule has 0 saturated heterocycles. The number of nitrogens with two attached hydrogens (primary N) is 1. The summed E-state index contributed by atoms with van der Waals surface area (Å²) < 4.78 is 0. The Balaban J connectivity index is 2.70. The first-order chi connectivity index (χ1) is 7.91. The molecule has 0 aliphatic heterocycles. The summed E-state index contributed by atoms with van der Waals surface area (Å²) in [6.45, 7) is 8.37. The molecule has 1 aromatic rings. The third-order valence-corrected chi connectivity index (χ3v) is 3.18. The number of hydrogen-bond acceptors (Lipinski definition) is 2. The van der Waals surface area contributed by atoms with Crippen LogP contribution in [0.25, 0.3) is 0 Å². The molecule has 0 saturated carbocycles. The lowest BCUT2D eigenvalue weighted by Crippen LogP contribution is -2.29. The van der Waals surface area contributed by atoms with Crippen LogP contribution >= 0.6 is 0 Å². The molecule has 1 aromatic carbocycles. The third-order valence-electron chi connectivity index (χ3n) is 3.18. The highest BCUT2D eigenvalue weighted by molar-refractivity contribution is 5.96. The highest BCUT2D eigenvalue weighted by Gasteiger charge is 2.14. The molecular weight excluding hydrogens is 210 g/mol. The zero-order chi connectivity index (χ0) is 13.0. The Hall–Kier alpha value is -1.15. The first kappa shape index (κ1) is 13.9. The van der Waals surface area contributed by atoms with Gasteiger partial charge in [-0.15, -0.1) is 0 Å². The molecule has 0 aliphatic rings. The van der Waals surface area contributed by atoms with Crippen molar-refractivity contribution < 1.29 is 4.79 Å². The van der Waals surface area contributed by atoms with E-state index < -0.39 is 0 Å². The summed E-state index contributed by atoms with van der Waals surface area (Å²) in [5, 5.41) is 0. The number of Topliss-reactive ketones (excluding diaryl/α,β-unsaturated/α-hetero) is 1. The van der Waals surface area contributed by atoms with E-state index in [-0.39, 0.29) is 11.8 Å². The van der Waals surface area contributed by atoms with Crippen LogP contribution in [0.3, 0.4) is 0 Å². The normalized spacial score (nSPS) is 13.1. The van der Waals surface area contributed by atoms with Gasteiger partial charge in [0.05, 0.1) is 0 Å².